The van der Waals surface area contributed by atoms with Crippen LogP contribution in [0.3, 0.4) is 0 Å². The Morgan fingerprint density at radius 2 is 2.12 bits per heavy atom. The van der Waals surface area contributed by atoms with Crippen LogP contribution in [-0.4, -0.2) is 41.6 Å². The topological polar surface area (TPSA) is 33.1 Å². The quantitative estimate of drug-likeness (QED) is 0.818. The fourth-order valence-electron chi connectivity index (χ4n) is 1.56. The van der Waals surface area contributed by atoms with E-state index >= 15 is 0 Å². The molecule has 92 valence electrons. The van der Waals surface area contributed by atoms with Gasteiger partial charge in [0.25, 0.3) is 0 Å². The van der Waals surface area contributed by atoms with Crippen molar-refractivity contribution in [2.75, 3.05) is 21.1 Å². The van der Waals surface area contributed by atoms with Crippen LogP contribution in [0.25, 0.3) is 0 Å². The molecule has 0 fully saturated rings. The first-order valence-corrected chi connectivity index (χ1v) is 5.74. The molecule has 0 aliphatic carbocycles. The van der Waals surface area contributed by atoms with Crippen LogP contribution in [0.2, 0.25) is 0 Å². The molecule has 0 bridgehead atoms. The molecule has 0 saturated carbocycles. The van der Waals surface area contributed by atoms with Crippen molar-refractivity contribution in [3.63, 3.8) is 0 Å². The average molecular weight is 224 g/mol. The molecular weight excluding hydrogens is 200 g/mol. The van der Waals surface area contributed by atoms with Gasteiger partial charge in [0.05, 0.1) is 17.6 Å². The lowest BCUT2D eigenvalue weighted by Crippen LogP contribution is -2.37. The van der Waals surface area contributed by atoms with Crippen molar-refractivity contribution in [1.82, 2.24) is 19.8 Å². The third-order valence-corrected chi connectivity index (χ3v) is 3.32. The third kappa shape index (κ3) is 2.83. The summed E-state index contributed by atoms with van der Waals surface area (Å²) in [5.41, 5.74) is 1.19. The summed E-state index contributed by atoms with van der Waals surface area (Å²) in [6.45, 7) is 7.52. The van der Waals surface area contributed by atoms with Crippen molar-refractivity contribution in [3.05, 3.63) is 18.2 Å². The van der Waals surface area contributed by atoms with Gasteiger partial charge < -0.3 is 14.8 Å². The van der Waals surface area contributed by atoms with Crippen molar-refractivity contribution in [3.8, 4) is 0 Å². The smallest absolute Gasteiger partial charge is 0.0949 e. The van der Waals surface area contributed by atoms with Crippen LogP contribution in [0.5, 0.6) is 0 Å². The van der Waals surface area contributed by atoms with Gasteiger partial charge in [-0.05, 0) is 41.9 Å². The Labute approximate surface area is 98.7 Å². The van der Waals surface area contributed by atoms with E-state index in [2.05, 4.69) is 54.6 Å². The molecule has 0 aliphatic rings. The van der Waals surface area contributed by atoms with Gasteiger partial charge in [-0.3, -0.25) is 0 Å². The molecule has 1 N–H and O–H groups in total. The van der Waals surface area contributed by atoms with E-state index < -0.39 is 0 Å². The summed E-state index contributed by atoms with van der Waals surface area (Å²) in [7, 11) is 6.18. The number of nitrogens with zero attached hydrogens (tertiary/aromatic N) is 3. The number of nitrogens with one attached hydrogen (secondary N) is 1. The van der Waals surface area contributed by atoms with E-state index in [0.29, 0.717) is 6.04 Å². The number of hydrogen-bond donors (Lipinski definition) is 1. The van der Waals surface area contributed by atoms with Gasteiger partial charge in [0.2, 0.25) is 0 Å². The van der Waals surface area contributed by atoms with Gasteiger partial charge in [0, 0.05) is 18.8 Å². The Bertz CT molecular complexity index is 328. The standard InChI is InChI=1S/C12H24N4/c1-10(15(5)6)8-16-9-14-7-11(16)12(2,3)13-4/h7,9-10,13H,8H2,1-6H3. The summed E-state index contributed by atoms with van der Waals surface area (Å²) < 4.78 is 2.22. The van der Waals surface area contributed by atoms with Gasteiger partial charge in [0.1, 0.15) is 0 Å². The molecule has 1 rings (SSSR count). The summed E-state index contributed by atoms with van der Waals surface area (Å²) in [5.74, 6) is 0. The Hall–Kier alpha value is -0.870. The number of likely N-dealkylation sites (N-methyl/N-ethyl adjacent to an activating group) is 1. The van der Waals surface area contributed by atoms with Crippen molar-refractivity contribution in [1.29, 1.82) is 0 Å². The molecule has 1 aromatic heterocycles. The molecular formula is C12H24N4. The molecule has 1 aromatic rings. The summed E-state index contributed by atoms with van der Waals surface area (Å²) >= 11 is 0. The first-order chi connectivity index (χ1) is 7.38. The number of hydrogen-bond acceptors (Lipinski definition) is 3. The van der Waals surface area contributed by atoms with Crippen molar-refractivity contribution >= 4 is 0 Å². The van der Waals surface area contributed by atoms with E-state index in [0.717, 1.165) is 6.54 Å². The van der Waals surface area contributed by atoms with Crippen molar-refractivity contribution in [2.24, 2.45) is 0 Å². The number of imidazole rings is 1. The molecule has 0 amide bonds. The normalized spacial score (nSPS) is 14.4. The molecule has 1 atom stereocenters. The second kappa shape index (κ2) is 4.97. The maximum atomic E-state index is 4.25. The molecule has 0 aromatic carbocycles. The van der Waals surface area contributed by atoms with Gasteiger partial charge in [0.15, 0.2) is 0 Å². The van der Waals surface area contributed by atoms with Crippen molar-refractivity contribution in [2.45, 2.75) is 38.9 Å². The monoisotopic (exact) mass is 224 g/mol. The van der Waals surface area contributed by atoms with Gasteiger partial charge in [-0.15, -0.1) is 0 Å². The molecule has 4 heteroatoms. The average Bonchev–Trinajstić information content (AvgIpc) is 2.66. The highest BCUT2D eigenvalue weighted by Gasteiger charge is 2.22. The van der Waals surface area contributed by atoms with Crippen LogP contribution in [0.4, 0.5) is 0 Å². The highest BCUT2D eigenvalue weighted by Crippen LogP contribution is 2.19. The highest BCUT2D eigenvalue weighted by atomic mass is 15.2. The number of rotatable bonds is 5. The summed E-state index contributed by atoms with van der Waals surface area (Å²) in [5, 5.41) is 3.31. The lowest BCUT2D eigenvalue weighted by molar-refractivity contribution is 0.275. The first-order valence-electron chi connectivity index (χ1n) is 5.74. The lowest BCUT2D eigenvalue weighted by atomic mass is 10.0. The summed E-state index contributed by atoms with van der Waals surface area (Å²) in [6, 6.07) is 0.501. The van der Waals surface area contributed by atoms with Crippen LogP contribution in [0.15, 0.2) is 12.5 Å². The Morgan fingerprint density at radius 3 is 2.62 bits per heavy atom. The Balaban J connectivity index is 2.87. The van der Waals surface area contributed by atoms with E-state index in [4.69, 9.17) is 0 Å². The molecule has 16 heavy (non-hydrogen) atoms. The van der Waals surface area contributed by atoms with E-state index in [1.807, 2.05) is 19.6 Å². The molecule has 0 spiro atoms. The van der Waals surface area contributed by atoms with Crippen LogP contribution in [0, 0.1) is 0 Å². The minimum absolute atomic E-state index is 0.0392. The second-order valence-corrected chi connectivity index (χ2v) is 5.12. The number of aromatic nitrogens is 2. The molecule has 0 aliphatic heterocycles. The molecule has 1 heterocycles. The summed E-state index contributed by atoms with van der Waals surface area (Å²) in [4.78, 5) is 6.47. The fraction of sp³-hybridized carbons (Fsp3) is 0.750. The van der Waals surface area contributed by atoms with Crippen LogP contribution < -0.4 is 5.32 Å². The highest BCUT2D eigenvalue weighted by molar-refractivity contribution is 5.11. The van der Waals surface area contributed by atoms with Crippen molar-refractivity contribution < 1.29 is 0 Å². The zero-order chi connectivity index (χ0) is 12.3. The maximum absolute atomic E-state index is 4.25. The molecule has 0 radical (unpaired) electrons. The van der Waals surface area contributed by atoms with Crippen LogP contribution in [-0.2, 0) is 12.1 Å². The molecule has 1 unspecified atom stereocenters. The fourth-order valence-corrected chi connectivity index (χ4v) is 1.56. The maximum Gasteiger partial charge on any atom is 0.0949 e. The SMILES string of the molecule is CNC(C)(C)c1cncn1CC(C)N(C)C. The third-order valence-electron chi connectivity index (χ3n) is 3.32. The predicted octanol–water partition coefficient (Wildman–Crippen LogP) is 1.29. The Morgan fingerprint density at radius 1 is 1.50 bits per heavy atom. The Kier molecular flexibility index (Phi) is 4.10. The van der Waals surface area contributed by atoms with Gasteiger partial charge in [-0.1, -0.05) is 0 Å². The van der Waals surface area contributed by atoms with Gasteiger partial charge in [-0.25, -0.2) is 4.98 Å². The van der Waals surface area contributed by atoms with E-state index in [1.165, 1.54) is 5.69 Å². The summed E-state index contributed by atoms with van der Waals surface area (Å²) in [6.07, 6.45) is 3.85. The zero-order valence-electron chi connectivity index (χ0n) is 11.3. The first kappa shape index (κ1) is 13.2. The van der Waals surface area contributed by atoms with Gasteiger partial charge in [-0.2, -0.15) is 0 Å². The largest absolute Gasteiger partial charge is 0.331 e. The molecule has 4 nitrogen and oxygen atoms in total. The van der Waals surface area contributed by atoms with E-state index in [-0.39, 0.29) is 5.54 Å². The second-order valence-electron chi connectivity index (χ2n) is 5.12. The minimum atomic E-state index is -0.0392. The van der Waals surface area contributed by atoms with E-state index in [1.54, 1.807) is 0 Å². The predicted molar refractivity (Wildman–Crippen MR) is 67.5 cm³/mol. The van der Waals surface area contributed by atoms with Crippen LogP contribution >= 0.6 is 0 Å². The molecule has 0 saturated heterocycles. The lowest BCUT2D eigenvalue weighted by Gasteiger charge is -2.28. The minimum Gasteiger partial charge on any atom is -0.331 e. The van der Waals surface area contributed by atoms with E-state index in [9.17, 15) is 0 Å². The van der Waals surface area contributed by atoms with Gasteiger partial charge >= 0.3 is 0 Å². The zero-order valence-corrected chi connectivity index (χ0v) is 11.3. The van der Waals surface area contributed by atoms with Crippen LogP contribution in [0.1, 0.15) is 26.5 Å².